The summed E-state index contributed by atoms with van der Waals surface area (Å²) in [7, 11) is 1.93. The lowest BCUT2D eigenvalue weighted by molar-refractivity contribution is 0.262. The lowest BCUT2D eigenvalue weighted by Gasteiger charge is -2.15. The standard InChI is InChI=1S/C16H22FN3O/c1-12(2)18-9-14-8-15(21-19-14)11-20(3)10-13-6-4-5-7-16(13)17/h4-8,12,18H,9-11H2,1-3H3. The van der Waals surface area contributed by atoms with Gasteiger partial charge in [0.15, 0.2) is 5.76 Å². The summed E-state index contributed by atoms with van der Waals surface area (Å²) in [4.78, 5) is 2.00. The fourth-order valence-corrected chi connectivity index (χ4v) is 2.06. The summed E-state index contributed by atoms with van der Waals surface area (Å²) in [6.07, 6.45) is 0. The normalized spacial score (nSPS) is 11.5. The van der Waals surface area contributed by atoms with Gasteiger partial charge < -0.3 is 9.84 Å². The minimum absolute atomic E-state index is 0.177. The van der Waals surface area contributed by atoms with E-state index < -0.39 is 0 Å². The van der Waals surface area contributed by atoms with Crippen LogP contribution in [0.1, 0.15) is 30.9 Å². The van der Waals surface area contributed by atoms with Gasteiger partial charge in [0.25, 0.3) is 0 Å². The van der Waals surface area contributed by atoms with Gasteiger partial charge >= 0.3 is 0 Å². The number of nitrogens with one attached hydrogen (secondary N) is 1. The average Bonchev–Trinajstić information content (AvgIpc) is 2.86. The monoisotopic (exact) mass is 291 g/mol. The summed E-state index contributed by atoms with van der Waals surface area (Å²) >= 11 is 0. The Hall–Kier alpha value is -1.72. The molecule has 1 aromatic heterocycles. The van der Waals surface area contributed by atoms with Crippen molar-refractivity contribution in [3.8, 4) is 0 Å². The second kappa shape index (κ2) is 7.33. The van der Waals surface area contributed by atoms with E-state index in [9.17, 15) is 4.39 Å². The van der Waals surface area contributed by atoms with Crippen molar-refractivity contribution in [3.05, 3.63) is 53.2 Å². The molecular weight excluding hydrogens is 269 g/mol. The Morgan fingerprint density at radius 1 is 1.29 bits per heavy atom. The van der Waals surface area contributed by atoms with Crippen LogP contribution in [0.15, 0.2) is 34.9 Å². The Kier molecular flexibility index (Phi) is 5.47. The van der Waals surface area contributed by atoms with Crippen LogP contribution in [0.3, 0.4) is 0 Å². The van der Waals surface area contributed by atoms with Crippen molar-refractivity contribution in [2.24, 2.45) is 0 Å². The van der Waals surface area contributed by atoms with E-state index in [0.717, 1.165) is 11.5 Å². The molecule has 0 unspecified atom stereocenters. The molecule has 1 N–H and O–H groups in total. The third-order valence-electron chi connectivity index (χ3n) is 3.12. The van der Waals surface area contributed by atoms with Crippen LogP contribution < -0.4 is 5.32 Å². The molecule has 1 aromatic carbocycles. The smallest absolute Gasteiger partial charge is 0.151 e. The van der Waals surface area contributed by atoms with Crippen LogP contribution in [0.5, 0.6) is 0 Å². The summed E-state index contributed by atoms with van der Waals surface area (Å²) in [5.74, 6) is 0.609. The van der Waals surface area contributed by atoms with E-state index in [0.29, 0.717) is 31.2 Å². The van der Waals surface area contributed by atoms with Gasteiger partial charge in [-0.1, -0.05) is 37.2 Å². The first-order valence-electron chi connectivity index (χ1n) is 7.14. The number of hydrogen-bond donors (Lipinski definition) is 1. The fraction of sp³-hybridized carbons (Fsp3) is 0.438. The molecule has 0 aliphatic rings. The highest BCUT2D eigenvalue weighted by molar-refractivity contribution is 5.17. The molecule has 0 spiro atoms. The van der Waals surface area contributed by atoms with Crippen molar-refractivity contribution in [1.29, 1.82) is 0 Å². The predicted octanol–water partition coefficient (Wildman–Crippen LogP) is 2.94. The van der Waals surface area contributed by atoms with Gasteiger partial charge in [0.2, 0.25) is 0 Å². The second-order valence-corrected chi connectivity index (χ2v) is 5.58. The van der Waals surface area contributed by atoms with Crippen molar-refractivity contribution in [2.45, 2.75) is 39.5 Å². The number of benzene rings is 1. The zero-order valence-electron chi connectivity index (χ0n) is 12.8. The Bertz CT molecular complexity index is 568. The molecular formula is C16H22FN3O. The van der Waals surface area contributed by atoms with Gasteiger partial charge in [-0.15, -0.1) is 0 Å². The lowest BCUT2D eigenvalue weighted by Crippen LogP contribution is -2.21. The summed E-state index contributed by atoms with van der Waals surface area (Å²) in [6.45, 7) is 6.00. The molecule has 0 amide bonds. The molecule has 114 valence electrons. The highest BCUT2D eigenvalue weighted by Crippen LogP contribution is 2.12. The van der Waals surface area contributed by atoms with Crippen molar-refractivity contribution < 1.29 is 8.91 Å². The number of rotatable bonds is 7. The highest BCUT2D eigenvalue weighted by atomic mass is 19.1. The maximum Gasteiger partial charge on any atom is 0.151 e. The van der Waals surface area contributed by atoms with Crippen molar-refractivity contribution in [3.63, 3.8) is 0 Å². The minimum atomic E-state index is -0.177. The largest absolute Gasteiger partial charge is 0.360 e. The number of nitrogens with zero attached hydrogens (tertiary/aromatic N) is 2. The zero-order valence-corrected chi connectivity index (χ0v) is 12.8. The van der Waals surface area contributed by atoms with Crippen LogP contribution in [0.25, 0.3) is 0 Å². The molecule has 0 radical (unpaired) electrons. The van der Waals surface area contributed by atoms with E-state index >= 15 is 0 Å². The summed E-state index contributed by atoms with van der Waals surface area (Å²) in [5.41, 5.74) is 1.57. The molecule has 4 nitrogen and oxygen atoms in total. The van der Waals surface area contributed by atoms with Gasteiger partial charge in [0.05, 0.1) is 12.2 Å². The molecule has 0 aliphatic carbocycles. The van der Waals surface area contributed by atoms with E-state index in [1.165, 1.54) is 6.07 Å². The van der Waals surface area contributed by atoms with E-state index in [1.807, 2.05) is 24.1 Å². The summed E-state index contributed by atoms with van der Waals surface area (Å²) in [6, 6.07) is 9.17. The van der Waals surface area contributed by atoms with Crippen LogP contribution in [0.2, 0.25) is 0 Å². The molecule has 2 rings (SSSR count). The maximum atomic E-state index is 13.6. The third kappa shape index (κ3) is 4.95. The molecule has 0 saturated carbocycles. The molecule has 1 heterocycles. The summed E-state index contributed by atoms with van der Waals surface area (Å²) < 4.78 is 18.9. The highest BCUT2D eigenvalue weighted by Gasteiger charge is 2.10. The SMILES string of the molecule is CC(C)NCc1cc(CN(C)Cc2ccccc2F)on1. The van der Waals surface area contributed by atoms with E-state index in [2.05, 4.69) is 24.3 Å². The summed E-state index contributed by atoms with van der Waals surface area (Å²) in [5, 5.41) is 7.32. The van der Waals surface area contributed by atoms with Crippen LogP contribution in [-0.2, 0) is 19.6 Å². The lowest BCUT2D eigenvalue weighted by atomic mass is 10.2. The fourth-order valence-electron chi connectivity index (χ4n) is 2.06. The van der Waals surface area contributed by atoms with Crippen molar-refractivity contribution in [1.82, 2.24) is 15.4 Å². The Labute approximate surface area is 124 Å². The Morgan fingerprint density at radius 3 is 2.76 bits per heavy atom. The number of halogens is 1. The van der Waals surface area contributed by atoms with Crippen LogP contribution in [-0.4, -0.2) is 23.1 Å². The number of hydrogen-bond acceptors (Lipinski definition) is 4. The van der Waals surface area contributed by atoms with E-state index in [-0.39, 0.29) is 5.82 Å². The topological polar surface area (TPSA) is 41.3 Å². The van der Waals surface area contributed by atoms with Crippen molar-refractivity contribution >= 4 is 0 Å². The molecule has 2 aromatic rings. The quantitative estimate of drug-likeness (QED) is 0.851. The van der Waals surface area contributed by atoms with E-state index in [1.54, 1.807) is 12.1 Å². The van der Waals surface area contributed by atoms with E-state index in [4.69, 9.17) is 4.52 Å². The minimum Gasteiger partial charge on any atom is -0.360 e. The van der Waals surface area contributed by atoms with Gasteiger partial charge in [0, 0.05) is 30.8 Å². The van der Waals surface area contributed by atoms with Gasteiger partial charge in [-0.05, 0) is 13.1 Å². The first-order chi connectivity index (χ1) is 10.0. The third-order valence-corrected chi connectivity index (χ3v) is 3.12. The molecule has 0 aliphatic heterocycles. The predicted molar refractivity (Wildman–Crippen MR) is 80.0 cm³/mol. The van der Waals surface area contributed by atoms with Gasteiger partial charge in [-0.25, -0.2) is 4.39 Å². The Morgan fingerprint density at radius 2 is 2.05 bits per heavy atom. The number of aromatic nitrogens is 1. The zero-order chi connectivity index (χ0) is 15.2. The van der Waals surface area contributed by atoms with Gasteiger partial charge in [-0.2, -0.15) is 0 Å². The Balaban J connectivity index is 1.88. The average molecular weight is 291 g/mol. The molecule has 0 fully saturated rings. The van der Waals surface area contributed by atoms with Crippen molar-refractivity contribution in [2.75, 3.05) is 7.05 Å². The maximum absolute atomic E-state index is 13.6. The van der Waals surface area contributed by atoms with Gasteiger partial charge in [-0.3, -0.25) is 4.90 Å². The molecule has 0 bridgehead atoms. The van der Waals surface area contributed by atoms with Crippen LogP contribution in [0, 0.1) is 5.82 Å². The van der Waals surface area contributed by atoms with Crippen LogP contribution in [0.4, 0.5) is 4.39 Å². The first kappa shape index (κ1) is 15.7. The first-order valence-corrected chi connectivity index (χ1v) is 7.14. The second-order valence-electron chi connectivity index (χ2n) is 5.58. The molecule has 0 saturated heterocycles. The van der Waals surface area contributed by atoms with Gasteiger partial charge in [0.1, 0.15) is 5.82 Å². The molecule has 0 atom stereocenters. The molecule has 21 heavy (non-hydrogen) atoms. The molecule has 5 heteroatoms. The van der Waals surface area contributed by atoms with Crippen LogP contribution >= 0.6 is 0 Å².